The number of nitrogens with two attached hydrogens (primary N) is 1. The van der Waals surface area contributed by atoms with Gasteiger partial charge in [-0.1, -0.05) is 25.1 Å². The number of amides is 1. The monoisotopic (exact) mass is 293 g/mol. The van der Waals surface area contributed by atoms with Crippen LogP contribution in [0.5, 0.6) is 5.75 Å². The van der Waals surface area contributed by atoms with Crippen molar-refractivity contribution in [3.8, 4) is 5.75 Å². The van der Waals surface area contributed by atoms with Gasteiger partial charge in [-0.25, -0.2) is 0 Å². The predicted molar refractivity (Wildman–Crippen MR) is 85.2 cm³/mol. The molecule has 0 saturated carbocycles. The van der Waals surface area contributed by atoms with Gasteiger partial charge in [0.25, 0.3) is 0 Å². The predicted octanol–water partition coefficient (Wildman–Crippen LogP) is 1.40. The number of nitrogens with zero attached hydrogens (tertiary/aromatic N) is 1. The van der Waals surface area contributed by atoms with Crippen molar-refractivity contribution in [2.45, 2.75) is 25.9 Å². The molecule has 0 aliphatic heterocycles. The topological polar surface area (TPSA) is 67.6 Å². The molecule has 5 heteroatoms. The van der Waals surface area contributed by atoms with E-state index >= 15 is 0 Å². The van der Waals surface area contributed by atoms with Crippen LogP contribution in [0.15, 0.2) is 24.3 Å². The summed E-state index contributed by atoms with van der Waals surface area (Å²) in [7, 11) is 5.30. The summed E-state index contributed by atoms with van der Waals surface area (Å²) in [6.45, 7) is 4.51. The zero-order valence-electron chi connectivity index (χ0n) is 13.6. The van der Waals surface area contributed by atoms with Gasteiger partial charge in [-0.05, 0) is 20.0 Å². The Morgan fingerprint density at radius 1 is 1.38 bits per heavy atom. The molecule has 5 nitrogen and oxygen atoms in total. The fourth-order valence-corrected chi connectivity index (χ4v) is 2.71. The van der Waals surface area contributed by atoms with Crippen molar-refractivity contribution in [2.24, 2.45) is 11.7 Å². The minimum absolute atomic E-state index is 0.00624. The van der Waals surface area contributed by atoms with E-state index in [9.17, 15) is 4.79 Å². The van der Waals surface area contributed by atoms with Crippen LogP contribution >= 0.6 is 0 Å². The summed E-state index contributed by atoms with van der Waals surface area (Å²) < 4.78 is 5.44. The number of likely N-dealkylation sites (N-methyl/N-ethyl adjacent to an activating group) is 1. The Kier molecular flexibility index (Phi) is 6.65. The van der Waals surface area contributed by atoms with E-state index in [-0.39, 0.29) is 23.9 Å². The largest absolute Gasteiger partial charge is 0.496 e. The van der Waals surface area contributed by atoms with Gasteiger partial charge in [-0.3, -0.25) is 9.69 Å². The molecule has 1 aromatic rings. The van der Waals surface area contributed by atoms with E-state index in [1.165, 1.54) is 0 Å². The number of nitrogens with one attached hydrogen (secondary N) is 1. The van der Waals surface area contributed by atoms with Crippen LogP contribution in [0, 0.1) is 5.92 Å². The summed E-state index contributed by atoms with van der Waals surface area (Å²) in [6.07, 6.45) is 0. The third-order valence-corrected chi connectivity index (χ3v) is 3.69. The molecule has 0 bridgehead atoms. The van der Waals surface area contributed by atoms with Gasteiger partial charge in [-0.2, -0.15) is 0 Å². The molecule has 1 amide bonds. The Labute approximate surface area is 127 Å². The Morgan fingerprint density at radius 2 is 2.00 bits per heavy atom. The molecule has 118 valence electrons. The summed E-state index contributed by atoms with van der Waals surface area (Å²) in [6, 6.07) is 7.78. The van der Waals surface area contributed by atoms with Crippen LogP contribution in [0.25, 0.3) is 0 Å². The zero-order valence-corrected chi connectivity index (χ0v) is 13.6. The Bertz CT molecular complexity index is 463. The van der Waals surface area contributed by atoms with Gasteiger partial charge in [0.2, 0.25) is 5.91 Å². The Balaban J connectivity index is 2.98. The van der Waals surface area contributed by atoms with Crippen LogP contribution in [-0.2, 0) is 4.79 Å². The first-order chi connectivity index (χ1) is 9.92. The number of ether oxygens (including phenoxy) is 1. The van der Waals surface area contributed by atoms with Gasteiger partial charge < -0.3 is 15.8 Å². The van der Waals surface area contributed by atoms with Crippen LogP contribution < -0.4 is 15.8 Å². The first-order valence-corrected chi connectivity index (χ1v) is 7.22. The quantitative estimate of drug-likeness (QED) is 0.797. The molecule has 0 radical (unpaired) electrons. The first-order valence-electron chi connectivity index (χ1n) is 7.22. The number of hydrogen-bond donors (Lipinski definition) is 2. The van der Waals surface area contributed by atoms with Crippen LogP contribution in [0.3, 0.4) is 0 Å². The second kappa shape index (κ2) is 8.00. The van der Waals surface area contributed by atoms with E-state index in [1.807, 2.05) is 45.2 Å². The molecule has 1 aromatic carbocycles. The second-order valence-electron chi connectivity index (χ2n) is 5.50. The van der Waals surface area contributed by atoms with Crippen molar-refractivity contribution in [3.05, 3.63) is 29.8 Å². The normalized spacial score (nSPS) is 15.4. The Hall–Kier alpha value is -1.59. The van der Waals surface area contributed by atoms with E-state index < -0.39 is 0 Å². The van der Waals surface area contributed by atoms with E-state index in [2.05, 4.69) is 10.2 Å². The lowest BCUT2D eigenvalue weighted by molar-refractivity contribution is -0.124. The maximum absolute atomic E-state index is 11.7. The minimum Gasteiger partial charge on any atom is -0.496 e. The third-order valence-electron chi connectivity index (χ3n) is 3.69. The van der Waals surface area contributed by atoms with Gasteiger partial charge in [-0.15, -0.1) is 0 Å². The molecule has 0 aliphatic carbocycles. The minimum atomic E-state index is -0.101. The fraction of sp³-hybridized carbons (Fsp3) is 0.562. The highest BCUT2D eigenvalue weighted by molar-refractivity contribution is 5.78. The van der Waals surface area contributed by atoms with Crippen molar-refractivity contribution in [3.63, 3.8) is 0 Å². The highest BCUT2D eigenvalue weighted by Crippen LogP contribution is 2.30. The molecule has 1 rings (SSSR count). The molecule has 3 atom stereocenters. The number of para-hydroxylation sites is 1. The fourth-order valence-electron chi connectivity index (χ4n) is 2.71. The SMILES string of the molecule is CNC(=O)C(C)CN(C)C(c1ccccc1OC)C(C)N. The average molecular weight is 293 g/mol. The molecule has 3 unspecified atom stereocenters. The summed E-state index contributed by atoms with van der Waals surface area (Å²) in [5.41, 5.74) is 7.22. The van der Waals surface area contributed by atoms with Crippen molar-refractivity contribution in [2.75, 3.05) is 27.7 Å². The van der Waals surface area contributed by atoms with E-state index in [4.69, 9.17) is 10.5 Å². The summed E-state index contributed by atoms with van der Waals surface area (Å²) in [5, 5.41) is 2.68. The molecular formula is C16H27N3O2. The average Bonchev–Trinajstić information content (AvgIpc) is 2.46. The maximum atomic E-state index is 11.7. The summed E-state index contributed by atoms with van der Waals surface area (Å²) in [5.74, 6) is 0.750. The summed E-state index contributed by atoms with van der Waals surface area (Å²) >= 11 is 0. The molecule has 0 aromatic heterocycles. The molecule has 0 saturated heterocycles. The number of carbonyl (C=O) groups excluding carboxylic acids is 1. The first kappa shape index (κ1) is 17.5. The van der Waals surface area contributed by atoms with Crippen LogP contribution in [0.4, 0.5) is 0 Å². The molecular weight excluding hydrogens is 266 g/mol. The lowest BCUT2D eigenvalue weighted by Crippen LogP contribution is -2.42. The van der Waals surface area contributed by atoms with Gasteiger partial charge in [0.15, 0.2) is 0 Å². The van der Waals surface area contributed by atoms with Crippen LogP contribution in [0.1, 0.15) is 25.5 Å². The van der Waals surface area contributed by atoms with Gasteiger partial charge in [0.1, 0.15) is 5.75 Å². The van der Waals surface area contributed by atoms with Crippen molar-refractivity contribution >= 4 is 5.91 Å². The number of benzene rings is 1. The standard InChI is InChI=1S/C16H27N3O2/c1-11(16(20)18-3)10-19(4)15(12(2)17)13-8-6-7-9-14(13)21-5/h6-9,11-12,15H,10,17H2,1-5H3,(H,18,20). The van der Waals surface area contributed by atoms with Crippen molar-refractivity contribution in [1.82, 2.24) is 10.2 Å². The molecule has 0 aliphatic rings. The highest BCUT2D eigenvalue weighted by Gasteiger charge is 2.26. The van der Waals surface area contributed by atoms with Gasteiger partial charge in [0, 0.05) is 31.1 Å². The number of rotatable bonds is 7. The van der Waals surface area contributed by atoms with E-state index in [1.54, 1.807) is 14.2 Å². The third kappa shape index (κ3) is 4.44. The van der Waals surface area contributed by atoms with Gasteiger partial charge in [0.05, 0.1) is 13.2 Å². The molecule has 0 heterocycles. The van der Waals surface area contributed by atoms with Crippen LogP contribution in [0.2, 0.25) is 0 Å². The lowest BCUT2D eigenvalue weighted by atomic mass is 9.97. The molecule has 0 spiro atoms. The number of hydrogen-bond acceptors (Lipinski definition) is 4. The van der Waals surface area contributed by atoms with E-state index in [0.29, 0.717) is 6.54 Å². The molecule has 3 N–H and O–H groups in total. The second-order valence-corrected chi connectivity index (χ2v) is 5.50. The zero-order chi connectivity index (χ0) is 16.0. The maximum Gasteiger partial charge on any atom is 0.223 e. The van der Waals surface area contributed by atoms with Crippen molar-refractivity contribution < 1.29 is 9.53 Å². The lowest BCUT2D eigenvalue weighted by Gasteiger charge is -2.33. The highest BCUT2D eigenvalue weighted by atomic mass is 16.5. The number of carbonyl (C=O) groups is 1. The Morgan fingerprint density at radius 3 is 2.52 bits per heavy atom. The van der Waals surface area contributed by atoms with E-state index in [0.717, 1.165) is 11.3 Å². The van der Waals surface area contributed by atoms with Gasteiger partial charge >= 0.3 is 0 Å². The smallest absolute Gasteiger partial charge is 0.223 e. The molecule has 0 fully saturated rings. The molecule has 21 heavy (non-hydrogen) atoms. The summed E-state index contributed by atoms with van der Waals surface area (Å²) in [4.78, 5) is 13.8. The van der Waals surface area contributed by atoms with Crippen molar-refractivity contribution in [1.29, 1.82) is 0 Å². The van der Waals surface area contributed by atoms with Crippen LogP contribution in [-0.4, -0.2) is 44.6 Å². The number of methoxy groups -OCH3 is 1.